The predicted molar refractivity (Wildman–Crippen MR) is 141 cm³/mol. The molecule has 4 rings (SSSR count). The van der Waals surface area contributed by atoms with Gasteiger partial charge >= 0.3 is 0 Å². The molecule has 0 atom stereocenters. The molecular weight excluding hydrogens is 384 g/mol. The largest absolute Gasteiger partial charge is 0.0885 e. The summed E-state index contributed by atoms with van der Waals surface area (Å²) in [5.41, 5.74) is 5.68. The van der Waals surface area contributed by atoms with Gasteiger partial charge in [0.1, 0.15) is 0 Å². The third-order valence-electron chi connectivity index (χ3n) is 8.12. The molecule has 0 radical (unpaired) electrons. The van der Waals surface area contributed by atoms with Gasteiger partial charge in [-0.15, -0.1) is 0 Å². The van der Waals surface area contributed by atoms with E-state index in [0.717, 1.165) is 23.7 Å². The van der Waals surface area contributed by atoms with E-state index in [9.17, 15) is 0 Å². The summed E-state index contributed by atoms with van der Waals surface area (Å²) in [5.74, 6) is 3.31. The molecule has 0 aromatic heterocycles. The zero-order chi connectivity index (χ0) is 22.2. The molecule has 0 amide bonds. The number of benzene rings is 2. The van der Waals surface area contributed by atoms with Crippen molar-refractivity contribution < 1.29 is 0 Å². The van der Waals surface area contributed by atoms with Gasteiger partial charge in [-0.05, 0) is 104 Å². The summed E-state index contributed by atoms with van der Waals surface area (Å²) in [6, 6.07) is 18.7. The Balaban J connectivity index is 1.29. The van der Waals surface area contributed by atoms with E-state index in [1.54, 1.807) is 5.56 Å². The third-order valence-corrected chi connectivity index (χ3v) is 8.12. The lowest BCUT2D eigenvalue weighted by atomic mass is 9.78. The summed E-state index contributed by atoms with van der Waals surface area (Å²) < 4.78 is 0. The summed E-state index contributed by atoms with van der Waals surface area (Å²) in [6.07, 6.45) is 22.8. The van der Waals surface area contributed by atoms with Crippen LogP contribution in [0.25, 0.3) is 12.2 Å². The first-order chi connectivity index (χ1) is 15.7. The van der Waals surface area contributed by atoms with Gasteiger partial charge in [-0.25, -0.2) is 0 Å². The molecule has 0 heterocycles. The summed E-state index contributed by atoms with van der Waals surface area (Å²) in [5, 5.41) is 0. The number of hydrogen-bond acceptors (Lipinski definition) is 0. The molecule has 0 aliphatic heterocycles. The fourth-order valence-corrected chi connectivity index (χ4v) is 5.83. The van der Waals surface area contributed by atoms with Crippen LogP contribution < -0.4 is 0 Å². The van der Waals surface area contributed by atoms with Crippen molar-refractivity contribution in [1.29, 1.82) is 0 Å². The fourth-order valence-electron chi connectivity index (χ4n) is 5.83. The van der Waals surface area contributed by atoms with Gasteiger partial charge in [-0.1, -0.05) is 93.1 Å². The van der Waals surface area contributed by atoms with Crippen LogP contribution in [0.3, 0.4) is 0 Å². The Kier molecular flexibility index (Phi) is 8.43. The average Bonchev–Trinajstić information content (AvgIpc) is 2.87. The molecule has 0 unspecified atom stereocenters. The van der Waals surface area contributed by atoms with Crippen LogP contribution in [0.5, 0.6) is 0 Å². The molecule has 2 aliphatic rings. The molecule has 0 heteroatoms. The first kappa shape index (κ1) is 23.1. The molecule has 2 aromatic rings. The Labute approximate surface area is 196 Å². The number of allylic oxidation sites excluding steroid dienone is 2. The highest BCUT2D eigenvalue weighted by Gasteiger charge is 2.21. The van der Waals surface area contributed by atoms with E-state index in [0.29, 0.717) is 0 Å². The van der Waals surface area contributed by atoms with E-state index < -0.39 is 0 Å². The first-order valence-corrected chi connectivity index (χ1v) is 13.3. The van der Waals surface area contributed by atoms with Gasteiger partial charge in [-0.2, -0.15) is 0 Å². The monoisotopic (exact) mass is 426 g/mol. The minimum absolute atomic E-state index is 0.749. The molecule has 2 saturated carbocycles. The predicted octanol–water partition coefficient (Wildman–Crippen LogP) is 9.78. The van der Waals surface area contributed by atoms with Crippen molar-refractivity contribution in [3.8, 4) is 0 Å². The highest BCUT2D eigenvalue weighted by molar-refractivity contribution is 5.69. The van der Waals surface area contributed by atoms with Crippen molar-refractivity contribution in [3.05, 3.63) is 82.9 Å². The highest BCUT2D eigenvalue weighted by Crippen LogP contribution is 2.38. The molecule has 2 fully saturated rings. The second kappa shape index (κ2) is 11.7. The van der Waals surface area contributed by atoms with Crippen molar-refractivity contribution in [2.24, 2.45) is 11.8 Å². The summed E-state index contributed by atoms with van der Waals surface area (Å²) >= 11 is 0. The maximum atomic E-state index is 2.45. The van der Waals surface area contributed by atoms with Crippen LogP contribution in [0, 0.1) is 11.8 Å². The Morgan fingerprint density at radius 2 is 1.09 bits per heavy atom. The lowest BCUT2D eigenvalue weighted by molar-refractivity contribution is 0.319. The van der Waals surface area contributed by atoms with Crippen molar-refractivity contribution in [2.75, 3.05) is 0 Å². The summed E-state index contributed by atoms with van der Waals surface area (Å²) in [6.45, 7) is 4.57. The van der Waals surface area contributed by atoms with Gasteiger partial charge in [0.2, 0.25) is 0 Å². The van der Waals surface area contributed by atoms with Crippen molar-refractivity contribution in [3.63, 3.8) is 0 Å². The van der Waals surface area contributed by atoms with Crippen LogP contribution in [0.15, 0.2) is 60.7 Å². The van der Waals surface area contributed by atoms with Gasteiger partial charge < -0.3 is 0 Å². The minimum Gasteiger partial charge on any atom is -0.0885 e. The molecule has 2 aliphatic carbocycles. The topological polar surface area (TPSA) is 0 Å². The third kappa shape index (κ3) is 6.25. The Hall–Kier alpha value is -2.08. The first-order valence-electron chi connectivity index (χ1n) is 13.3. The van der Waals surface area contributed by atoms with Crippen molar-refractivity contribution in [2.45, 2.75) is 89.9 Å². The molecule has 0 nitrogen and oxygen atoms in total. The molecule has 0 spiro atoms. The molecule has 0 N–H and O–H groups in total. The summed E-state index contributed by atoms with van der Waals surface area (Å²) in [7, 11) is 0. The van der Waals surface area contributed by atoms with Crippen molar-refractivity contribution in [1.82, 2.24) is 0 Å². The zero-order valence-corrected chi connectivity index (χ0v) is 20.3. The molecule has 0 saturated heterocycles. The van der Waals surface area contributed by atoms with Crippen LogP contribution in [0.2, 0.25) is 0 Å². The summed E-state index contributed by atoms with van der Waals surface area (Å²) in [4.78, 5) is 0. The van der Waals surface area contributed by atoms with E-state index >= 15 is 0 Å². The Morgan fingerprint density at radius 1 is 0.625 bits per heavy atom. The SMILES string of the molecule is CCC=CC1CCC(c2ccc(C=Cc3ccc(C4CCC(CC)CC4)cc3)cc2)CC1. The maximum absolute atomic E-state index is 2.45. The smallest absolute Gasteiger partial charge is 0.0162 e. The standard InChI is InChI=1S/C32H42/c1-3-5-6-26-11-19-30(20-12-26)32-23-15-28(16-24-32)8-7-27-13-21-31(22-14-27)29-17-9-25(4-2)10-18-29/h5-8,13-16,21-26,29-30H,3-4,9-12,17-20H2,1-2H3. The van der Waals surface area contributed by atoms with E-state index in [2.05, 4.69) is 86.7 Å². The number of hydrogen-bond donors (Lipinski definition) is 0. The van der Waals surface area contributed by atoms with Gasteiger partial charge in [-0.3, -0.25) is 0 Å². The molecule has 0 bridgehead atoms. The Bertz CT molecular complexity index is 851. The normalized spacial score (nSPS) is 26.7. The zero-order valence-electron chi connectivity index (χ0n) is 20.3. The van der Waals surface area contributed by atoms with E-state index in [-0.39, 0.29) is 0 Å². The van der Waals surface area contributed by atoms with E-state index in [1.165, 1.54) is 80.9 Å². The highest BCUT2D eigenvalue weighted by atomic mass is 14.3. The van der Waals surface area contributed by atoms with Crippen LogP contribution in [-0.2, 0) is 0 Å². The van der Waals surface area contributed by atoms with Crippen LogP contribution in [0.1, 0.15) is 112 Å². The Morgan fingerprint density at radius 3 is 1.53 bits per heavy atom. The van der Waals surface area contributed by atoms with Gasteiger partial charge in [0.15, 0.2) is 0 Å². The van der Waals surface area contributed by atoms with Gasteiger partial charge in [0.25, 0.3) is 0 Å². The molecule has 170 valence electrons. The molecule has 32 heavy (non-hydrogen) atoms. The minimum atomic E-state index is 0.749. The van der Waals surface area contributed by atoms with E-state index in [4.69, 9.17) is 0 Å². The average molecular weight is 427 g/mol. The van der Waals surface area contributed by atoms with Crippen LogP contribution in [0.4, 0.5) is 0 Å². The fraction of sp³-hybridized carbons (Fsp3) is 0.500. The van der Waals surface area contributed by atoms with Crippen LogP contribution in [-0.4, -0.2) is 0 Å². The van der Waals surface area contributed by atoms with Crippen molar-refractivity contribution >= 4 is 12.2 Å². The second-order valence-electron chi connectivity index (χ2n) is 10.2. The van der Waals surface area contributed by atoms with Gasteiger partial charge in [0, 0.05) is 0 Å². The van der Waals surface area contributed by atoms with E-state index in [1.807, 2.05) is 0 Å². The van der Waals surface area contributed by atoms with Gasteiger partial charge in [0.05, 0.1) is 0 Å². The maximum Gasteiger partial charge on any atom is -0.0162 e. The lowest BCUT2D eigenvalue weighted by Gasteiger charge is -2.28. The lowest BCUT2D eigenvalue weighted by Crippen LogP contribution is -2.12. The second-order valence-corrected chi connectivity index (χ2v) is 10.2. The quantitative estimate of drug-likeness (QED) is 0.305. The molecule has 2 aromatic carbocycles. The van der Waals surface area contributed by atoms with Crippen LogP contribution >= 0.6 is 0 Å². The number of rotatable bonds is 7. The molecular formula is C32H42.